The third-order valence-corrected chi connectivity index (χ3v) is 6.78. The molecule has 2 aliphatic heterocycles. The average molecular weight is 447 g/mol. The fourth-order valence-electron chi connectivity index (χ4n) is 3.37. The lowest BCUT2D eigenvalue weighted by molar-refractivity contribution is -0.136. The minimum Gasteiger partial charge on any atom is -0.495 e. The van der Waals surface area contributed by atoms with Crippen molar-refractivity contribution < 1.29 is 32.2 Å². The van der Waals surface area contributed by atoms with E-state index in [2.05, 4.69) is 10.6 Å². The van der Waals surface area contributed by atoms with Gasteiger partial charge < -0.3 is 24.8 Å². The zero-order chi connectivity index (χ0) is 22.0. The van der Waals surface area contributed by atoms with Crippen LogP contribution in [-0.2, 0) is 26.2 Å². The minimum atomic E-state index is -3.38. The summed E-state index contributed by atoms with van der Waals surface area (Å²) >= 11 is 0. The van der Waals surface area contributed by atoms with Gasteiger partial charge in [0.15, 0.2) is 11.5 Å². The van der Waals surface area contributed by atoms with Gasteiger partial charge in [-0.3, -0.25) is 13.9 Å². The zero-order valence-electron chi connectivity index (χ0n) is 16.7. The number of fused-ring (bicyclic) bond motifs is 1. The molecule has 1 saturated heterocycles. The van der Waals surface area contributed by atoms with Crippen LogP contribution in [0.2, 0.25) is 0 Å². The maximum absolute atomic E-state index is 12.4. The highest BCUT2D eigenvalue weighted by Gasteiger charge is 2.29. The molecule has 2 aliphatic rings. The summed E-state index contributed by atoms with van der Waals surface area (Å²) in [5, 5.41) is 5.02. The molecule has 11 heteroatoms. The molecule has 10 nitrogen and oxygen atoms in total. The molecule has 1 fully saturated rings. The van der Waals surface area contributed by atoms with Crippen LogP contribution in [0.15, 0.2) is 36.4 Å². The van der Waals surface area contributed by atoms with Crippen LogP contribution in [0.1, 0.15) is 12.0 Å². The average Bonchev–Trinajstić information content (AvgIpc) is 3.36. The Balaban J connectivity index is 1.43. The highest BCUT2D eigenvalue weighted by molar-refractivity contribution is 7.93. The first-order valence-corrected chi connectivity index (χ1v) is 11.1. The van der Waals surface area contributed by atoms with Crippen LogP contribution in [0.4, 0.5) is 11.4 Å². The van der Waals surface area contributed by atoms with Gasteiger partial charge in [0.2, 0.25) is 16.8 Å². The fourth-order valence-corrected chi connectivity index (χ4v) is 4.93. The first-order valence-electron chi connectivity index (χ1n) is 9.53. The second kappa shape index (κ2) is 8.34. The van der Waals surface area contributed by atoms with Gasteiger partial charge >= 0.3 is 11.8 Å². The monoisotopic (exact) mass is 447 g/mol. The number of hydrogen-bond donors (Lipinski definition) is 2. The molecule has 0 saturated carbocycles. The first-order chi connectivity index (χ1) is 14.9. The van der Waals surface area contributed by atoms with Gasteiger partial charge in [0, 0.05) is 13.1 Å². The molecule has 4 rings (SSSR count). The Kier molecular flexibility index (Phi) is 5.59. The van der Waals surface area contributed by atoms with Gasteiger partial charge in [-0.2, -0.15) is 0 Å². The molecular weight excluding hydrogens is 426 g/mol. The number of hydrogen-bond acceptors (Lipinski definition) is 7. The van der Waals surface area contributed by atoms with Crippen molar-refractivity contribution in [3.8, 4) is 17.2 Å². The first kappa shape index (κ1) is 20.8. The quantitative estimate of drug-likeness (QED) is 0.661. The van der Waals surface area contributed by atoms with Crippen LogP contribution in [0.25, 0.3) is 0 Å². The van der Waals surface area contributed by atoms with E-state index >= 15 is 0 Å². The normalized spacial score (nSPS) is 16.1. The zero-order valence-corrected chi connectivity index (χ0v) is 17.5. The third kappa shape index (κ3) is 4.36. The number of nitrogens with zero attached hydrogens (tertiary/aromatic N) is 1. The summed E-state index contributed by atoms with van der Waals surface area (Å²) in [6.45, 7) is 0.622. The van der Waals surface area contributed by atoms with E-state index in [1.165, 1.54) is 17.5 Å². The number of ether oxygens (including phenoxy) is 3. The number of amides is 2. The minimum absolute atomic E-state index is 0.0724. The molecule has 0 aromatic heterocycles. The molecule has 0 spiro atoms. The molecule has 0 atom stereocenters. The lowest BCUT2D eigenvalue weighted by Crippen LogP contribution is -2.35. The number of methoxy groups -OCH3 is 1. The van der Waals surface area contributed by atoms with Crippen molar-refractivity contribution in [1.82, 2.24) is 5.32 Å². The summed E-state index contributed by atoms with van der Waals surface area (Å²) in [4.78, 5) is 24.7. The predicted octanol–water partition coefficient (Wildman–Crippen LogP) is 1.22. The molecule has 31 heavy (non-hydrogen) atoms. The van der Waals surface area contributed by atoms with Crippen molar-refractivity contribution in [3.05, 3.63) is 42.0 Å². The van der Waals surface area contributed by atoms with Crippen molar-refractivity contribution in [2.24, 2.45) is 0 Å². The summed E-state index contributed by atoms with van der Waals surface area (Å²) < 4.78 is 41.4. The van der Waals surface area contributed by atoms with Gasteiger partial charge in [-0.15, -0.1) is 0 Å². The lowest BCUT2D eigenvalue weighted by atomic mass is 10.2. The third-order valence-electron chi connectivity index (χ3n) is 4.91. The largest absolute Gasteiger partial charge is 0.495 e. The van der Waals surface area contributed by atoms with E-state index < -0.39 is 21.8 Å². The van der Waals surface area contributed by atoms with E-state index in [9.17, 15) is 18.0 Å². The molecule has 2 aromatic carbocycles. The van der Waals surface area contributed by atoms with E-state index in [1.54, 1.807) is 30.3 Å². The van der Waals surface area contributed by atoms with Gasteiger partial charge in [-0.1, -0.05) is 6.07 Å². The molecule has 2 aromatic rings. The maximum atomic E-state index is 12.4. The Morgan fingerprint density at radius 1 is 1.10 bits per heavy atom. The molecule has 2 heterocycles. The van der Waals surface area contributed by atoms with Crippen molar-refractivity contribution in [2.75, 3.05) is 35.8 Å². The van der Waals surface area contributed by atoms with Gasteiger partial charge in [-0.05, 0) is 42.3 Å². The van der Waals surface area contributed by atoms with Crippen LogP contribution < -0.4 is 29.1 Å². The van der Waals surface area contributed by atoms with Gasteiger partial charge in [0.1, 0.15) is 5.75 Å². The highest BCUT2D eigenvalue weighted by Crippen LogP contribution is 2.33. The molecular formula is C20H21N3O7S. The fraction of sp³-hybridized carbons (Fsp3) is 0.300. The Labute approximate surface area is 179 Å². The summed E-state index contributed by atoms with van der Waals surface area (Å²) in [7, 11) is -1.97. The van der Waals surface area contributed by atoms with Gasteiger partial charge in [0.25, 0.3) is 0 Å². The molecule has 0 radical (unpaired) electrons. The standard InChI is InChI=1S/C20H21N3O7S/c1-28-16-6-4-14(23-7-2-8-31(23,26)27)10-15(16)22-20(25)19(24)21-11-13-3-5-17-18(9-13)30-12-29-17/h3-6,9-10H,2,7-8,11-12H2,1H3,(H,21,24)(H,22,25). The van der Waals surface area contributed by atoms with Crippen molar-refractivity contribution in [1.29, 1.82) is 0 Å². The molecule has 164 valence electrons. The van der Waals surface area contributed by atoms with Gasteiger partial charge in [-0.25, -0.2) is 8.42 Å². The number of benzene rings is 2. The number of carbonyl (C=O) groups excluding carboxylic acids is 2. The summed E-state index contributed by atoms with van der Waals surface area (Å²) in [6, 6.07) is 9.83. The number of nitrogens with one attached hydrogen (secondary N) is 2. The van der Waals surface area contributed by atoms with E-state index in [0.29, 0.717) is 35.9 Å². The second-order valence-electron chi connectivity index (χ2n) is 6.95. The van der Waals surface area contributed by atoms with Crippen molar-refractivity contribution in [2.45, 2.75) is 13.0 Å². The summed E-state index contributed by atoms with van der Waals surface area (Å²) in [5.41, 5.74) is 1.34. The summed E-state index contributed by atoms with van der Waals surface area (Å²) in [5.74, 6) is -0.172. The Hall–Kier alpha value is -3.47. The molecule has 0 aliphatic carbocycles. The maximum Gasteiger partial charge on any atom is 0.313 e. The number of carbonyl (C=O) groups is 2. The second-order valence-corrected chi connectivity index (χ2v) is 8.96. The Morgan fingerprint density at radius 3 is 2.65 bits per heavy atom. The van der Waals surface area contributed by atoms with Crippen LogP contribution in [0.3, 0.4) is 0 Å². The van der Waals surface area contributed by atoms with Crippen molar-refractivity contribution >= 4 is 33.2 Å². The lowest BCUT2D eigenvalue weighted by Gasteiger charge is -2.19. The number of rotatable bonds is 5. The SMILES string of the molecule is COc1ccc(N2CCCS2(=O)=O)cc1NC(=O)C(=O)NCc1ccc2c(c1)OCO2. The molecule has 0 unspecified atom stereocenters. The van der Waals surface area contributed by atoms with E-state index in [0.717, 1.165) is 5.56 Å². The van der Waals surface area contributed by atoms with Crippen LogP contribution >= 0.6 is 0 Å². The van der Waals surface area contributed by atoms with E-state index in [4.69, 9.17) is 14.2 Å². The topological polar surface area (TPSA) is 123 Å². The van der Waals surface area contributed by atoms with Crippen molar-refractivity contribution in [3.63, 3.8) is 0 Å². The van der Waals surface area contributed by atoms with Gasteiger partial charge in [0.05, 0.1) is 24.2 Å². The predicted molar refractivity (Wildman–Crippen MR) is 112 cm³/mol. The number of anilines is 2. The highest BCUT2D eigenvalue weighted by atomic mass is 32.2. The Bertz CT molecular complexity index is 1130. The van der Waals surface area contributed by atoms with E-state index in [1.807, 2.05) is 0 Å². The van der Waals surface area contributed by atoms with E-state index in [-0.39, 0.29) is 24.8 Å². The van der Waals surface area contributed by atoms with Crippen LogP contribution in [-0.4, -0.2) is 46.4 Å². The van der Waals surface area contributed by atoms with Crippen LogP contribution in [0, 0.1) is 0 Å². The molecule has 0 bridgehead atoms. The molecule has 2 N–H and O–H groups in total. The summed E-state index contributed by atoms with van der Waals surface area (Å²) in [6.07, 6.45) is 0.526. The number of sulfonamides is 1. The smallest absolute Gasteiger partial charge is 0.313 e. The molecule has 2 amide bonds. The van der Waals surface area contributed by atoms with Crippen LogP contribution in [0.5, 0.6) is 17.2 Å². The Morgan fingerprint density at radius 2 is 1.90 bits per heavy atom.